The van der Waals surface area contributed by atoms with Crippen LogP contribution in [0.25, 0.3) is 0 Å². The molecule has 0 amide bonds. The summed E-state index contributed by atoms with van der Waals surface area (Å²) in [5.41, 5.74) is 8.24. The van der Waals surface area contributed by atoms with Crippen molar-refractivity contribution >= 4 is 0 Å². The highest BCUT2D eigenvalue weighted by Gasteiger charge is 2.10. The van der Waals surface area contributed by atoms with Gasteiger partial charge in [-0.1, -0.05) is 18.2 Å². The smallest absolute Gasteiger partial charge is 0.165 e. The Morgan fingerprint density at radius 2 is 1.76 bits per heavy atom. The van der Waals surface area contributed by atoms with Crippen molar-refractivity contribution in [3.63, 3.8) is 0 Å². The summed E-state index contributed by atoms with van der Waals surface area (Å²) in [7, 11) is 3.10. The molecule has 3 nitrogen and oxygen atoms in total. The van der Waals surface area contributed by atoms with Crippen LogP contribution < -0.4 is 15.2 Å². The molecule has 0 heterocycles. The van der Waals surface area contributed by atoms with Crippen LogP contribution in [0.3, 0.4) is 0 Å². The van der Waals surface area contributed by atoms with Crippen molar-refractivity contribution in [1.29, 1.82) is 0 Å². The number of aryl methyl sites for hydroxylation is 1. The summed E-state index contributed by atoms with van der Waals surface area (Å²) in [5.74, 6) is 0.697. The zero-order chi connectivity index (χ0) is 15.2. The minimum Gasteiger partial charge on any atom is -0.497 e. The van der Waals surface area contributed by atoms with E-state index in [-0.39, 0.29) is 17.6 Å². The first-order chi connectivity index (χ1) is 10.1. The molecule has 2 N–H and O–H groups in total. The Hall–Kier alpha value is -2.07. The molecule has 0 aliphatic heterocycles. The SMILES string of the molecule is COc1ccc(CCC(N)c2ccc(F)c(OC)c2)cc1. The third kappa shape index (κ3) is 3.95. The molecule has 21 heavy (non-hydrogen) atoms. The van der Waals surface area contributed by atoms with E-state index >= 15 is 0 Å². The maximum absolute atomic E-state index is 13.4. The number of methoxy groups -OCH3 is 2. The average molecular weight is 289 g/mol. The van der Waals surface area contributed by atoms with Crippen LogP contribution in [0.4, 0.5) is 4.39 Å². The predicted molar refractivity (Wildman–Crippen MR) is 81.2 cm³/mol. The lowest BCUT2D eigenvalue weighted by Crippen LogP contribution is -2.11. The van der Waals surface area contributed by atoms with Gasteiger partial charge >= 0.3 is 0 Å². The summed E-state index contributed by atoms with van der Waals surface area (Å²) in [6.45, 7) is 0. The molecule has 0 saturated carbocycles. The standard InChI is InChI=1S/C17H20FNO2/c1-20-14-7-3-12(4-8-14)5-10-16(19)13-6-9-15(18)17(11-13)21-2/h3-4,6-9,11,16H,5,10,19H2,1-2H3. The maximum Gasteiger partial charge on any atom is 0.165 e. The average Bonchev–Trinajstić information content (AvgIpc) is 2.53. The van der Waals surface area contributed by atoms with Gasteiger partial charge in [-0.2, -0.15) is 0 Å². The Morgan fingerprint density at radius 3 is 2.38 bits per heavy atom. The Bertz CT molecular complexity index is 584. The largest absolute Gasteiger partial charge is 0.497 e. The highest BCUT2D eigenvalue weighted by molar-refractivity contribution is 5.32. The summed E-state index contributed by atoms with van der Waals surface area (Å²) in [4.78, 5) is 0. The fraction of sp³-hybridized carbons (Fsp3) is 0.294. The minimum atomic E-state index is -0.372. The molecule has 112 valence electrons. The van der Waals surface area contributed by atoms with Crippen molar-refractivity contribution in [2.24, 2.45) is 5.73 Å². The van der Waals surface area contributed by atoms with Gasteiger partial charge in [0, 0.05) is 6.04 Å². The molecule has 0 saturated heterocycles. The quantitative estimate of drug-likeness (QED) is 0.885. The fourth-order valence-corrected chi connectivity index (χ4v) is 2.19. The first kappa shape index (κ1) is 15.3. The zero-order valence-electron chi connectivity index (χ0n) is 12.3. The zero-order valence-corrected chi connectivity index (χ0v) is 12.3. The molecule has 2 rings (SSSR count). The van der Waals surface area contributed by atoms with Gasteiger partial charge in [-0.3, -0.25) is 0 Å². The molecule has 0 aliphatic rings. The highest BCUT2D eigenvalue weighted by Crippen LogP contribution is 2.24. The molecule has 1 unspecified atom stereocenters. The fourth-order valence-electron chi connectivity index (χ4n) is 2.19. The molecule has 0 aliphatic carbocycles. The van der Waals surface area contributed by atoms with Crippen LogP contribution in [0.1, 0.15) is 23.6 Å². The van der Waals surface area contributed by atoms with Gasteiger partial charge in [0.2, 0.25) is 0 Å². The first-order valence-corrected chi connectivity index (χ1v) is 6.86. The van der Waals surface area contributed by atoms with Gasteiger partial charge in [0.1, 0.15) is 5.75 Å². The van der Waals surface area contributed by atoms with Gasteiger partial charge in [0.05, 0.1) is 14.2 Å². The Kier molecular flexibility index (Phi) is 5.17. The Balaban J connectivity index is 1.98. The van der Waals surface area contributed by atoms with Crippen LogP contribution >= 0.6 is 0 Å². The molecular formula is C17H20FNO2. The monoisotopic (exact) mass is 289 g/mol. The number of halogens is 1. The van der Waals surface area contributed by atoms with Gasteiger partial charge < -0.3 is 15.2 Å². The van der Waals surface area contributed by atoms with Crippen molar-refractivity contribution in [1.82, 2.24) is 0 Å². The molecule has 0 bridgehead atoms. The lowest BCUT2D eigenvalue weighted by molar-refractivity contribution is 0.385. The van der Waals surface area contributed by atoms with Crippen molar-refractivity contribution in [2.75, 3.05) is 14.2 Å². The second-order valence-corrected chi connectivity index (χ2v) is 4.89. The van der Waals surface area contributed by atoms with Gasteiger partial charge in [0.15, 0.2) is 11.6 Å². The topological polar surface area (TPSA) is 44.5 Å². The summed E-state index contributed by atoms with van der Waals surface area (Å²) >= 11 is 0. The molecule has 0 aromatic heterocycles. The van der Waals surface area contributed by atoms with Crippen molar-refractivity contribution < 1.29 is 13.9 Å². The number of hydrogen-bond donors (Lipinski definition) is 1. The van der Waals surface area contributed by atoms with E-state index in [4.69, 9.17) is 15.2 Å². The van der Waals surface area contributed by atoms with Crippen molar-refractivity contribution in [3.8, 4) is 11.5 Å². The van der Waals surface area contributed by atoms with Crippen LogP contribution in [-0.4, -0.2) is 14.2 Å². The third-order valence-corrected chi connectivity index (χ3v) is 3.51. The lowest BCUT2D eigenvalue weighted by atomic mass is 9.99. The second kappa shape index (κ2) is 7.09. The van der Waals surface area contributed by atoms with Crippen LogP contribution in [0.5, 0.6) is 11.5 Å². The molecule has 0 radical (unpaired) electrons. The van der Waals surface area contributed by atoms with E-state index in [1.165, 1.54) is 18.7 Å². The van der Waals surface area contributed by atoms with E-state index < -0.39 is 0 Å². The summed E-state index contributed by atoms with van der Waals surface area (Å²) in [6, 6.07) is 12.5. The first-order valence-electron chi connectivity index (χ1n) is 6.86. The van der Waals surface area contributed by atoms with Crippen LogP contribution in [0.2, 0.25) is 0 Å². The van der Waals surface area contributed by atoms with E-state index in [2.05, 4.69) is 0 Å². The van der Waals surface area contributed by atoms with E-state index in [1.54, 1.807) is 19.2 Å². The molecule has 2 aromatic carbocycles. The lowest BCUT2D eigenvalue weighted by Gasteiger charge is -2.13. The maximum atomic E-state index is 13.4. The van der Waals surface area contributed by atoms with Gasteiger partial charge in [-0.15, -0.1) is 0 Å². The van der Waals surface area contributed by atoms with Crippen LogP contribution in [-0.2, 0) is 6.42 Å². The van der Waals surface area contributed by atoms with E-state index in [0.29, 0.717) is 0 Å². The number of rotatable bonds is 6. The molecule has 0 spiro atoms. The number of nitrogens with two attached hydrogens (primary N) is 1. The highest BCUT2D eigenvalue weighted by atomic mass is 19.1. The van der Waals surface area contributed by atoms with Gasteiger partial charge in [-0.05, 0) is 48.2 Å². The molecular weight excluding hydrogens is 269 g/mol. The van der Waals surface area contributed by atoms with Gasteiger partial charge in [-0.25, -0.2) is 4.39 Å². The minimum absolute atomic E-state index is 0.151. The Morgan fingerprint density at radius 1 is 1.05 bits per heavy atom. The summed E-state index contributed by atoms with van der Waals surface area (Å²) in [6.07, 6.45) is 1.63. The molecule has 0 fully saturated rings. The van der Waals surface area contributed by atoms with Crippen LogP contribution in [0.15, 0.2) is 42.5 Å². The van der Waals surface area contributed by atoms with E-state index in [9.17, 15) is 4.39 Å². The number of benzene rings is 2. The molecule has 4 heteroatoms. The second-order valence-electron chi connectivity index (χ2n) is 4.89. The number of ether oxygens (including phenoxy) is 2. The third-order valence-electron chi connectivity index (χ3n) is 3.51. The van der Waals surface area contributed by atoms with Gasteiger partial charge in [0.25, 0.3) is 0 Å². The van der Waals surface area contributed by atoms with E-state index in [0.717, 1.165) is 24.2 Å². The summed E-state index contributed by atoms with van der Waals surface area (Å²) in [5, 5.41) is 0. The normalized spacial score (nSPS) is 12.0. The van der Waals surface area contributed by atoms with Crippen molar-refractivity contribution in [3.05, 3.63) is 59.4 Å². The summed E-state index contributed by atoms with van der Waals surface area (Å²) < 4.78 is 23.5. The van der Waals surface area contributed by atoms with Crippen molar-refractivity contribution in [2.45, 2.75) is 18.9 Å². The molecule has 1 atom stereocenters. The predicted octanol–water partition coefficient (Wildman–Crippen LogP) is 3.48. The Labute approximate surface area is 124 Å². The van der Waals surface area contributed by atoms with Crippen LogP contribution in [0, 0.1) is 5.82 Å². The molecule has 2 aromatic rings. The number of hydrogen-bond acceptors (Lipinski definition) is 3. The van der Waals surface area contributed by atoms with E-state index in [1.807, 2.05) is 24.3 Å².